The number of phenols is 1. The molecule has 0 spiro atoms. The van der Waals surface area contributed by atoms with Gasteiger partial charge in [-0.25, -0.2) is 0 Å². The van der Waals surface area contributed by atoms with Crippen molar-refractivity contribution >= 4 is 36.5 Å². The summed E-state index contributed by atoms with van der Waals surface area (Å²) in [7, 11) is -0.869. The van der Waals surface area contributed by atoms with Gasteiger partial charge in [-0.2, -0.15) is 0 Å². The molecule has 8 heteroatoms. The van der Waals surface area contributed by atoms with E-state index in [4.69, 9.17) is 4.43 Å². The van der Waals surface area contributed by atoms with E-state index in [1.54, 1.807) is 12.1 Å². The first kappa shape index (κ1) is 24.2. The van der Waals surface area contributed by atoms with Gasteiger partial charge in [0.2, 0.25) is 14.9 Å². The minimum Gasteiger partial charge on any atom is -0.506 e. The molecule has 3 aromatic rings. The Hall–Kier alpha value is -2.42. The summed E-state index contributed by atoms with van der Waals surface area (Å²) in [5.74, 6) is 0.00590. The molecule has 2 aromatic carbocycles. The molecule has 1 amide bonds. The van der Waals surface area contributed by atoms with Crippen LogP contribution in [-0.2, 0) is 22.1 Å². The minimum absolute atomic E-state index is 0.0141. The Morgan fingerprint density at radius 3 is 2.69 bits per heavy atom. The van der Waals surface area contributed by atoms with E-state index in [9.17, 15) is 14.7 Å². The molecule has 6 nitrogen and oxygen atoms in total. The molecule has 0 aliphatic carbocycles. The first-order valence-corrected chi connectivity index (χ1v) is 13.9. The zero-order chi connectivity index (χ0) is 23.5. The van der Waals surface area contributed by atoms with Gasteiger partial charge in [-0.1, -0.05) is 62.4 Å². The Balaban J connectivity index is 1.63. The van der Waals surface area contributed by atoms with Crippen molar-refractivity contribution in [3.63, 3.8) is 0 Å². The SMILES string of the molecule is C[Si](C)OC(c1cccc(CC(=O)NCCc2ccc(O)c3[nH]c(=O)sc23)c1)C(C)(C)C. The third-order valence-corrected chi connectivity index (χ3v) is 6.78. The van der Waals surface area contributed by atoms with E-state index in [0.29, 0.717) is 24.9 Å². The van der Waals surface area contributed by atoms with E-state index in [1.165, 1.54) is 0 Å². The maximum Gasteiger partial charge on any atom is 0.305 e. The molecular weight excluding hydrogens is 440 g/mol. The van der Waals surface area contributed by atoms with Crippen molar-refractivity contribution in [1.82, 2.24) is 10.3 Å². The fourth-order valence-corrected chi connectivity index (χ4v) is 5.56. The Kier molecular flexibility index (Phi) is 7.58. The Morgan fingerprint density at radius 1 is 1.25 bits per heavy atom. The molecule has 0 aliphatic rings. The number of fused-ring (bicyclic) bond motifs is 1. The standard InChI is InChI=1S/C24H31N2O4SSi/c1-24(2,3)22(30-32(4)5)17-8-6-7-15(13-17)14-19(28)25-12-11-16-9-10-18(27)20-21(16)31-23(29)26-20/h6-10,13,22,27H,11-12,14H2,1-5H3,(H,25,28)(H,26,29). The van der Waals surface area contributed by atoms with Crippen molar-refractivity contribution in [2.75, 3.05) is 6.54 Å². The largest absolute Gasteiger partial charge is 0.506 e. The predicted octanol–water partition coefficient (Wildman–Crippen LogP) is 4.55. The highest BCUT2D eigenvalue weighted by Crippen LogP contribution is 2.37. The number of amides is 1. The van der Waals surface area contributed by atoms with Crippen LogP contribution in [0, 0.1) is 5.41 Å². The van der Waals surface area contributed by atoms with Gasteiger partial charge in [0.15, 0.2) is 0 Å². The molecule has 0 bridgehead atoms. The molecule has 0 saturated carbocycles. The number of thiazole rings is 1. The number of nitrogens with one attached hydrogen (secondary N) is 2. The zero-order valence-electron chi connectivity index (χ0n) is 19.2. The van der Waals surface area contributed by atoms with E-state index in [0.717, 1.165) is 32.7 Å². The molecule has 1 heterocycles. The maximum atomic E-state index is 12.5. The second-order valence-corrected chi connectivity index (χ2v) is 12.3. The number of hydrogen-bond acceptors (Lipinski definition) is 5. The summed E-state index contributed by atoms with van der Waals surface area (Å²) in [6, 6.07) is 11.5. The van der Waals surface area contributed by atoms with Crippen LogP contribution >= 0.6 is 11.3 Å². The Bertz CT molecular complexity index is 1150. The highest BCUT2D eigenvalue weighted by Gasteiger charge is 2.28. The van der Waals surface area contributed by atoms with Gasteiger partial charge in [0.25, 0.3) is 0 Å². The van der Waals surface area contributed by atoms with E-state index in [1.807, 2.05) is 12.1 Å². The molecule has 3 rings (SSSR count). The molecule has 1 radical (unpaired) electrons. The number of aromatic nitrogens is 1. The lowest BCUT2D eigenvalue weighted by atomic mass is 9.84. The van der Waals surface area contributed by atoms with Crippen LogP contribution in [0.5, 0.6) is 5.75 Å². The van der Waals surface area contributed by atoms with E-state index in [2.05, 4.69) is 56.3 Å². The van der Waals surface area contributed by atoms with Crippen LogP contribution < -0.4 is 10.2 Å². The van der Waals surface area contributed by atoms with Crippen molar-refractivity contribution in [3.8, 4) is 5.75 Å². The maximum absolute atomic E-state index is 12.5. The molecule has 3 N–H and O–H groups in total. The normalized spacial score (nSPS) is 12.9. The number of carbonyl (C=O) groups excluding carboxylic acids is 1. The van der Waals surface area contributed by atoms with Crippen LogP contribution in [-0.4, -0.2) is 31.6 Å². The molecule has 1 aromatic heterocycles. The van der Waals surface area contributed by atoms with E-state index >= 15 is 0 Å². The van der Waals surface area contributed by atoms with Crippen molar-refractivity contribution in [2.45, 2.75) is 52.8 Å². The first-order valence-electron chi connectivity index (χ1n) is 10.7. The van der Waals surface area contributed by atoms with Crippen molar-refractivity contribution in [3.05, 3.63) is 62.8 Å². The summed E-state index contributed by atoms with van der Waals surface area (Å²) in [6.07, 6.45) is 0.858. The fourth-order valence-electron chi connectivity index (χ4n) is 3.70. The number of carbonyl (C=O) groups is 1. The lowest BCUT2D eigenvalue weighted by Crippen LogP contribution is -2.28. The van der Waals surface area contributed by atoms with Crippen molar-refractivity contribution in [1.29, 1.82) is 0 Å². The highest BCUT2D eigenvalue weighted by molar-refractivity contribution is 7.16. The second kappa shape index (κ2) is 10.0. The van der Waals surface area contributed by atoms with Gasteiger partial charge in [-0.05, 0) is 47.7 Å². The number of benzene rings is 2. The van der Waals surface area contributed by atoms with Crippen LogP contribution in [0.25, 0.3) is 10.2 Å². The monoisotopic (exact) mass is 471 g/mol. The van der Waals surface area contributed by atoms with Crippen LogP contribution in [0.2, 0.25) is 13.1 Å². The number of aromatic amines is 1. The molecule has 0 aliphatic heterocycles. The molecular formula is C24H31N2O4SSi. The molecule has 171 valence electrons. The van der Waals surface area contributed by atoms with Crippen molar-refractivity contribution < 1.29 is 14.3 Å². The van der Waals surface area contributed by atoms with Crippen LogP contribution in [0.4, 0.5) is 0 Å². The summed E-state index contributed by atoms with van der Waals surface area (Å²) >= 11 is 1.07. The molecule has 1 atom stereocenters. The number of aromatic hydroxyl groups is 1. The van der Waals surface area contributed by atoms with Gasteiger partial charge in [0.05, 0.1) is 17.2 Å². The van der Waals surface area contributed by atoms with Gasteiger partial charge in [0.1, 0.15) is 11.3 Å². The second-order valence-electron chi connectivity index (χ2n) is 9.26. The van der Waals surface area contributed by atoms with E-state index < -0.39 is 9.04 Å². The van der Waals surface area contributed by atoms with Crippen LogP contribution in [0.1, 0.15) is 43.6 Å². The molecule has 1 unspecified atom stereocenters. The van der Waals surface area contributed by atoms with Gasteiger partial charge >= 0.3 is 4.87 Å². The quantitative estimate of drug-likeness (QED) is 0.420. The summed E-state index contributed by atoms with van der Waals surface area (Å²) in [5, 5.41) is 12.9. The Labute approximate surface area is 194 Å². The molecule has 0 fully saturated rings. The number of phenolic OH excluding ortho intramolecular Hbond substituents is 1. The van der Waals surface area contributed by atoms with Crippen molar-refractivity contribution in [2.24, 2.45) is 5.41 Å². The highest BCUT2D eigenvalue weighted by atomic mass is 32.1. The smallest absolute Gasteiger partial charge is 0.305 e. The average Bonchev–Trinajstić information content (AvgIpc) is 3.10. The zero-order valence-corrected chi connectivity index (χ0v) is 21.1. The Morgan fingerprint density at radius 2 is 2.00 bits per heavy atom. The summed E-state index contributed by atoms with van der Waals surface area (Å²) in [4.78, 5) is 26.6. The average molecular weight is 472 g/mol. The lowest BCUT2D eigenvalue weighted by Gasteiger charge is -2.33. The first-order chi connectivity index (χ1) is 15.0. The minimum atomic E-state index is -0.869. The molecule has 32 heavy (non-hydrogen) atoms. The number of H-pyrrole nitrogens is 1. The third kappa shape index (κ3) is 6.09. The van der Waals surface area contributed by atoms with Gasteiger partial charge in [-0.15, -0.1) is 0 Å². The summed E-state index contributed by atoms with van der Waals surface area (Å²) < 4.78 is 7.01. The predicted molar refractivity (Wildman–Crippen MR) is 132 cm³/mol. The lowest BCUT2D eigenvalue weighted by molar-refractivity contribution is -0.120. The third-order valence-electron chi connectivity index (χ3n) is 5.11. The van der Waals surface area contributed by atoms with Crippen LogP contribution in [0.15, 0.2) is 41.2 Å². The number of rotatable bonds is 8. The fraction of sp³-hybridized carbons (Fsp3) is 0.417. The topological polar surface area (TPSA) is 91.4 Å². The van der Waals surface area contributed by atoms with Gasteiger partial charge in [0, 0.05) is 6.54 Å². The number of hydrogen-bond donors (Lipinski definition) is 3. The van der Waals surface area contributed by atoms with Gasteiger partial charge in [-0.3, -0.25) is 9.59 Å². The van der Waals surface area contributed by atoms with Crippen LogP contribution in [0.3, 0.4) is 0 Å². The van der Waals surface area contributed by atoms with E-state index in [-0.39, 0.29) is 28.0 Å². The summed E-state index contributed by atoms with van der Waals surface area (Å²) in [5.41, 5.74) is 3.39. The van der Waals surface area contributed by atoms with Gasteiger partial charge < -0.3 is 19.8 Å². The molecule has 0 saturated heterocycles. The summed E-state index contributed by atoms with van der Waals surface area (Å²) in [6.45, 7) is 11.2.